The molecule has 0 aliphatic carbocycles. The number of ether oxygens (including phenoxy) is 1. The fourth-order valence-electron chi connectivity index (χ4n) is 0.718. The van der Waals surface area contributed by atoms with Crippen LogP contribution in [0.25, 0.3) is 0 Å². The van der Waals surface area contributed by atoms with E-state index in [1.165, 1.54) is 0 Å². The minimum Gasteiger partial charge on any atom is -0.264 e. The molecule has 0 heterocycles. The van der Waals surface area contributed by atoms with Gasteiger partial charge in [0.15, 0.2) is 0 Å². The maximum Gasteiger partial charge on any atom is 0.462 e. The first-order valence-corrected chi connectivity index (χ1v) is 4.18. The third-order valence-electron chi connectivity index (χ3n) is 1.76. The van der Waals surface area contributed by atoms with Crippen LogP contribution in [0.3, 0.4) is 0 Å². The molecule has 21 heavy (non-hydrogen) atoms. The van der Waals surface area contributed by atoms with Crippen molar-refractivity contribution in [3.05, 3.63) is 12.2 Å². The van der Waals surface area contributed by atoms with E-state index >= 15 is 0 Å². The van der Waals surface area contributed by atoms with Crippen LogP contribution in [0.5, 0.6) is 0 Å². The molecule has 0 aromatic heterocycles. The average molecular weight is 348 g/mol. The van der Waals surface area contributed by atoms with Gasteiger partial charge in [-0.25, -0.2) is 8.78 Å². The molecule has 0 aromatic rings. The Morgan fingerprint density at radius 2 is 1.10 bits per heavy atom. The summed E-state index contributed by atoms with van der Waals surface area (Å²) in [5.41, 5.74) is 0. The molecule has 0 N–H and O–H groups in total. The quantitative estimate of drug-likeness (QED) is 0.663. The topological polar surface area (TPSA) is 9.23 Å². The highest BCUT2D eigenvalue weighted by Gasteiger charge is 2.79. The van der Waals surface area contributed by atoms with Crippen molar-refractivity contribution in [2.75, 3.05) is 0 Å². The SMILES string of the molecule is FC=C(F)C(F)(OC(F)(F)C(F)(F)C(F)(F)F)C(F)(F)F. The van der Waals surface area contributed by atoms with Crippen molar-refractivity contribution in [3.8, 4) is 0 Å². The van der Waals surface area contributed by atoms with Crippen LogP contribution in [0.4, 0.5) is 57.1 Å². The molecule has 0 aromatic carbocycles. The number of halogens is 13. The van der Waals surface area contributed by atoms with Gasteiger partial charge in [0.2, 0.25) is 5.83 Å². The van der Waals surface area contributed by atoms with Crippen LogP contribution >= 0.6 is 0 Å². The van der Waals surface area contributed by atoms with Crippen molar-refractivity contribution >= 4 is 0 Å². The molecule has 0 amide bonds. The Morgan fingerprint density at radius 1 is 0.714 bits per heavy atom. The van der Waals surface area contributed by atoms with Crippen LogP contribution in [-0.4, -0.2) is 30.2 Å². The van der Waals surface area contributed by atoms with Gasteiger partial charge < -0.3 is 0 Å². The molecule has 0 fully saturated rings. The fourth-order valence-corrected chi connectivity index (χ4v) is 0.718. The third-order valence-corrected chi connectivity index (χ3v) is 1.76. The average Bonchev–Trinajstić information content (AvgIpc) is 2.23. The molecule has 126 valence electrons. The Kier molecular flexibility index (Phi) is 4.91. The van der Waals surface area contributed by atoms with E-state index in [1.54, 1.807) is 4.74 Å². The molecule has 14 heteroatoms. The smallest absolute Gasteiger partial charge is 0.264 e. The van der Waals surface area contributed by atoms with Crippen LogP contribution in [0, 0.1) is 0 Å². The second-order valence-corrected chi connectivity index (χ2v) is 3.24. The van der Waals surface area contributed by atoms with Crippen molar-refractivity contribution in [2.24, 2.45) is 0 Å². The lowest BCUT2D eigenvalue weighted by molar-refractivity contribution is -0.477. The first-order chi connectivity index (χ1) is 8.94. The number of hydrogen-bond acceptors (Lipinski definition) is 1. The van der Waals surface area contributed by atoms with Crippen molar-refractivity contribution in [1.82, 2.24) is 0 Å². The van der Waals surface area contributed by atoms with E-state index in [4.69, 9.17) is 0 Å². The highest BCUT2D eigenvalue weighted by molar-refractivity contribution is 5.07. The van der Waals surface area contributed by atoms with E-state index in [2.05, 4.69) is 0 Å². The number of alkyl halides is 11. The van der Waals surface area contributed by atoms with E-state index in [9.17, 15) is 57.1 Å². The molecule has 1 atom stereocenters. The lowest BCUT2D eigenvalue weighted by atomic mass is 10.2. The summed E-state index contributed by atoms with van der Waals surface area (Å²) in [6.07, 6.45) is -23.2. The second kappa shape index (κ2) is 5.21. The minimum absolute atomic E-state index is 1.66. The van der Waals surface area contributed by atoms with Crippen molar-refractivity contribution in [2.45, 2.75) is 30.2 Å². The summed E-state index contributed by atoms with van der Waals surface area (Å²) < 4.78 is 158. The molecule has 0 saturated heterocycles. The Morgan fingerprint density at radius 3 is 1.33 bits per heavy atom. The summed E-state index contributed by atoms with van der Waals surface area (Å²) in [6, 6.07) is 0. The van der Waals surface area contributed by atoms with Gasteiger partial charge in [-0.3, -0.25) is 4.74 Å². The van der Waals surface area contributed by atoms with Gasteiger partial charge in [0.25, 0.3) is 0 Å². The number of rotatable bonds is 4. The summed E-state index contributed by atoms with van der Waals surface area (Å²) in [5.74, 6) is -17.7. The van der Waals surface area contributed by atoms with Gasteiger partial charge >= 0.3 is 30.2 Å². The van der Waals surface area contributed by atoms with Crippen LogP contribution in [0.2, 0.25) is 0 Å². The van der Waals surface area contributed by atoms with Crippen molar-refractivity contribution in [3.63, 3.8) is 0 Å². The van der Waals surface area contributed by atoms with E-state index in [1.807, 2.05) is 0 Å². The monoisotopic (exact) mass is 348 g/mol. The molecule has 1 nitrogen and oxygen atoms in total. The van der Waals surface area contributed by atoms with Gasteiger partial charge in [0, 0.05) is 0 Å². The maximum absolute atomic E-state index is 12.9. The highest BCUT2D eigenvalue weighted by Crippen LogP contribution is 2.52. The van der Waals surface area contributed by atoms with E-state index < -0.39 is 42.4 Å². The van der Waals surface area contributed by atoms with Gasteiger partial charge in [0.1, 0.15) is 6.33 Å². The van der Waals surface area contributed by atoms with Gasteiger partial charge in [-0.2, -0.15) is 48.3 Å². The summed E-state index contributed by atoms with van der Waals surface area (Å²) in [7, 11) is 0. The Hall–Kier alpha value is -1.21. The first-order valence-electron chi connectivity index (χ1n) is 4.18. The van der Waals surface area contributed by atoms with Gasteiger partial charge in [-0.15, -0.1) is 0 Å². The lowest BCUT2D eigenvalue weighted by Crippen LogP contribution is -2.59. The normalized spacial score (nSPS) is 18.6. The van der Waals surface area contributed by atoms with E-state index in [0.717, 1.165) is 0 Å². The number of hydrogen-bond donors (Lipinski definition) is 0. The maximum atomic E-state index is 12.9. The Labute approximate surface area is 106 Å². The van der Waals surface area contributed by atoms with Crippen LogP contribution < -0.4 is 0 Å². The summed E-state index contributed by atoms with van der Waals surface area (Å²) in [5, 5.41) is 0. The van der Waals surface area contributed by atoms with Crippen LogP contribution in [0.1, 0.15) is 0 Å². The first kappa shape index (κ1) is 19.8. The molecule has 0 aliphatic heterocycles. The van der Waals surface area contributed by atoms with Crippen LogP contribution in [-0.2, 0) is 4.74 Å². The molecular formula is C7HF13O. The summed E-state index contributed by atoms with van der Waals surface area (Å²) >= 11 is 0. The summed E-state index contributed by atoms with van der Waals surface area (Å²) in [4.78, 5) is 0. The Bertz CT molecular complexity index is 404. The third kappa shape index (κ3) is 3.35. The van der Waals surface area contributed by atoms with Crippen molar-refractivity contribution < 1.29 is 61.8 Å². The summed E-state index contributed by atoms with van der Waals surface area (Å²) in [6.45, 7) is 0. The van der Waals surface area contributed by atoms with E-state index in [-0.39, 0.29) is 0 Å². The van der Waals surface area contributed by atoms with E-state index in [0.29, 0.717) is 0 Å². The standard InChI is InChI=1S/C7HF13O/c8-1-2(9)3(10,5(13,14)15)21-7(19,20)4(11,12)6(16,17)18/h1H. The zero-order valence-electron chi connectivity index (χ0n) is 8.90. The molecule has 0 aliphatic rings. The predicted molar refractivity (Wildman–Crippen MR) is 37.2 cm³/mol. The molecule has 0 radical (unpaired) electrons. The zero-order chi connectivity index (χ0) is 17.5. The molecule has 0 saturated carbocycles. The van der Waals surface area contributed by atoms with Gasteiger partial charge in [-0.05, 0) is 0 Å². The van der Waals surface area contributed by atoms with Gasteiger partial charge in [0.05, 0.1) is 0 Å². The van der Waals surface area contributed by atoms with Crippen molar-refractivity contribution in [1.29, 1.82) is 0 Å². The highest BCUT2D eigenvalue weighted by atomic mass is 19.4. The molecule has 0 rings (SSSR count). The molecule has 0 bridgehead atoms. The minimum atomic E-state index is -7.32. The molecule has 0 spiro atoms. The Balaban J connectivity index is 5.88. The lowest BCUT2D eigenvalue weighted by Gasteiger charge is -2.33. The molecular weight excluding hydrogens is 347 g/mol. The van der Waals surface area contributed by atoms with Gasteiger partial charge in [-0.1, -0.05) is 0 Å². The molecule has 1 unspecified atom stereocenters. The largest absolute Gasteiger partial charge is 0.462 e. The zero-order valence-corrected chi connectivity index (χ0v) is 8.90. The fraction of sp³-hybridized carbons (Fsp3) is 0.714. The second-order valence-electron chi connectivity index (χ2n) is 3.24. The predicted octanol–water partition coefficient (Wildman–Crippen LogP) is 4.80. The van der Waals surface area contributed by atoms with Crippen LogP contribution in [0.15, 0.2) is 12.2 Å².